The van der Waals surface area contributed by atoms with Crippen molar-refractivity contribution in [2.45, 2.75) is 50.0 Å². The molecule has 1 saturated carbocycles. The fourth-order valence-electron chi connectivity index (χ4n) is 2.61. The lowest BCUT2D eigenvalue weighted by Crippen LogP contribution is -2.32. The molecule has 1 aliphatic heterocycles. The van der Waals surface area contributed by atoms with Gasteiger partial charge >= 0.3 is 0 Å². The van der Waals surface area contributed by atoms with Crippen molar-refractivity contribution in [3.05, 3.63) is 0 Å². The van der Waals surface area contributed by atoms with Crippen LogP contribution in [-0.2, 0) is 15.5 Å². The first-order valence-electron chi connectivity index (χ1n) is 5.93. The summed E-state index contributed by atoms with van der Waals surface area (Å²) in [6, 6.07) is 0.253. The third-order valence-corrected chi connectivity index (χ3v) is 5.80. The summed E-state index contributed by atoms with van der Waals surface area (Å²) < 4.78 is 17.7. The van der Waals surface area contributed by atoms with Crippen molar-refractivity contribution < 1.29 is 8.95 Å². The molecule has 0 radical (unpaired) electrons. The highest BCUT2D eigenvalue weighted by molar-refractivity contribution is 7.85. The first kappa shape index (κ1) is 11.6. The molecule has 0 aromatic heterocycles. The number of nitrogens with two attached hydrogens (primary N) is 1. The van der Waals surface area contributed by atoms with Crippen LogP contribution < -0.4 is 5.73 Å². The van der Waals surface area contributed by atoms with Crippen LogP contribution in [0.3, 0.4) is 0 Å². The van der Waals surface area contributed by atoms with E-state index in [0.29, 0.717) is 11.2 Å². The van der Waals surface area contributed by atoms with Gasteiger partial charge in [0.1, 0.15) is 0 Å². The summed E-state index contributed by atoms with van der Waals surface area (Å²) in [6.07, 6.45) is 4.51. The van der Waals surface area contributed by atoms with E-state index in [1.807, 2.05) is 0 Å². The van der Waals surface area contributed by atoms with Crippen LogP contribution in [0.25, 0.3) is 0 Å². The summed E-state index contributed by atoms with van der Waals surface area (Å²) in [6.45, 7) is 2.98. The standard InChI is InChI=1S/C11H21NO2S/c1-8-10(12)4-5-11(8)15(13)7-9-3-2-6-14-9/h8-11H,2-7,12H2,1H3. The highest BCUT2D eigenvalue weighted by atomic mass is 32.2. The van der Waals surface area contributed by atoms with E-state index in [1.54, 1.807) is 0 Å². The fraction of sp³-hybridized carbons (Fsp3) is 1.00. The van der Waals surface area contributed by atoms with Gasteiger partial charge in [-0.2, -0.15) is 0 Å². The Kier molecular flexibility index (Phi) is 3.80. The normalized spacial score (nSPS) is 43.3. The van der Waals surface area contributed by atoms with Gasteiger partial charge in [0.25, 0.3) is 0 Å². The van der Waals surface area contributed by atoms with Gasteiger partial charge in [0.15, 0.2) is 0 Å². The molecule has 1 saturated heterocycles. The summed E-state index contributed by atoms with van der Waals surface area (Å²) in [5.41, 5.74) is 5.95. The molecule has 0 bridgehead atoms. The number of hydrogen-bond acceptors (Lipinski definition) is 3. The molecule has 2 N–H and O–H groups in total. The minimum absolute atomic E-state index is 0.245. The molecule has 0 aromatic rings. The molecule has 2 aliphatic rings. The lowest BCUT2D eigenvalue weighted by molar-refractivity contribution is 0.128. The Bertz CT molecular complexity index is 241. The zero-order valence-electron chi connectivity index (χ0n) is 9.35. The minimum Gasteiger partial charge on any atom is -0.377 e. The van der Waals surface area contributed by atoms with Crippen LogP contribution in [0.15, 0.2) is 0 Å². The van der Waals surface area contributed by atoms with E-state index in [2.05, 4.69) is 6.92 Å². The topological polar surface area (TPSA) is 52.3 Å². The minimum atomic E-state index is -0.741. The van der Waals surface area contributed by atoms with Gasteiger partial charge < -0.3 is 10.5 Å². The maximum atomic E-state index is 12.1. The quantitative estimate of drug-likeness (QED) is 0.789. The van der Waals surface area contributed by atoms with Crippen LogP contribution in [0.1, 0.15) is 32.6 Å². The summed E-state index contributed by atoms with van der Waals surface area (Å²) >= 11 is 0. The molecule has 1 heterocycles. The van der Waals surface area contributed by atoms with E-state index in [4.69, 9.17) is 10.5 Å². The molecule has 1 aliphatic carbocycles. The zero-order chi connectivity index (χ0) is 10.8. The zero-order valence-corrected chi connectivity index (χ0v) is 10.2. The largest absolute Gasteiger partial charge is 0.377 e. The van der Waals surface area contributed by atoms with E-state index in [-0.39, 0.29) is 12.1 Å². The van der Waals surface area contributed by atoms with E-state index >= 15 is 0 Å². The summed E-state index contributed by atoms with van der Waals surface area (Å²) in [7, 11) is -0.741. The van der Waals surface area contributed by atoms with Crippen molar-refractivity contribution in [3.63, 3.8) is 0 Å². The van der Waals surface area contributed by atoms with Gasteiger partial charge in [-0.1, -0.05) is 6.92 Å². The van der Waals surface area contributed by atoms with Crippen LogP contribution in [0, 0.1) is 5.92 Å². The second kappa shape index (κ2) is 4.93. The smallest absolute Gasteiger partial charge is 0.0691 e. The van der Waals surface area contributed by atoms with Gasteiger partial charge in [-0.15, -0.1) is 0 Å². The van der Waals surface area contributed by atoms with Gasteiger partial charge in [-0.3, -0.25) is 4.21 Å². The predicted octanol–water partition coefficient (Wildman–Crippen LogP) is 1.04. The predicted molar refractivity (Wildman–Crippen MR) is 62.1 cm³/mol. The Hall–Kier alpha value is 0.0700. The number of rotatable bonds is 3. The van der Waals surface area contributed by atoms with Gasteiger partial charge in [-0.05, 0) is 31.6 Å². The second-order valence-electron chi connectivity index (χ2n) is 4.82. The average molecular weight is 231 g/mol. The first-order chi connectivity index (χ1) is 7.18. The average Bonchev–Trinajstić information content (AvgIpc) is 2.79. The molecule has 0 spiro atoms. The van der Waals surface area contributed by atoms with Crippen LogP contribution in [0.2, 0.25) is 0 Å². The van der Waals surface area contributed by atoms with E-state index in [9.17, 15) is 4.21 Å². The molecule has 3 nitrogen and oxygen atoms in total. The van der Waals surface area contributed by atoms with Crippen molar-refractivity contribution in [1.82, 2.24) is 0 Å². The summed E-state index contributed by atoms with van der Waals surface area (Å²) in [5, 5.41) is 0.309. The maximum Gasteiger partial charge on any atom is 0.0691 e. The number of hydrogen-bond donors (Lipinski definition) is 1. The van der Waals surface area contributed by atoms with Crippen LogP contribution in [0.5, 0.6) is 0 Å². The van der Waals surface area contributed by atoms with Crippen molar-refractivity contribution >= 4 is 10.8 Å². The van der Waals surface area contributed by atoms with Crippen molar-refractivity contribution in [3.8, 4) is 0 Å². The Balaban J connectivity index is 1.85. The lowest BCUT2D eigenvalue weighted by atomic mass is 10.1. The highest BCUT2D eigenvalue weighted by Crippen LogP contribution is 2.29. The van der Waals surface area contributed by atoms with Gasteiger partial charge in [0, 0.05) is 28.7 Å². The van der Waals surface area contributed by atoms with Crippen LogP contribution in [-0.4, -0.2) is 34.0 Å². The van der Waals surface area contributed by atoms with Gasteiger partial charge in [0.2, 0.25) is 0 Å². The molecule has 4 heteroatoms. The number of ether oxygens (including phenoxy) is 1. The summed E-state index contributed by atoms with van der Waals surface area (Å²) in [5.74, 6) is 1.13. The van der Waals surface area contributed by atoms with Gasteiger partial charge in [-0.25, -0.2) is 0 Å². The third kappa shape index (κ3) is 2.60. The molecule has 5 atom stereocenters. The second-order valence-corrected chi connectivity index (χ2v) is 6.52. The van der Waals surface area contributed by atoms with Crippen molar-refractivity contribution in [1.29, 1.82) is 0 Å². The fourth-order valence-corrected chi connectivity index (χ4v) is 4.57. The van der Waals surface area contributed by atoms with Crippen LogP contribution >= 0.6 is 0 Å². The molecule has 88 valence electrons. The molecule has 2 rings (SSSR count). The molecular formula is C11H21NO2S. The van der Waals surface area contributed by atoms with Gasteiger partial charge in [0.05, 0.1) is 11.9 Å². The Morgan fingerprint density at radius 3 is 2.73 bits per heavy atom. The SMILES string of the molecule is CC1C(N)CCC1S(=O)CC1CCCO1. The molecule has 2 fully saturated rings. The Morgan fingerprint density at radius 2 is 2.20 bits per heavy atom. The highest BCUT2D eigenvalue weighted by Gasteiger charge is 2.35. The first-order valence-corrected chi connectivity index (χ1v) is 7.31. The maximum absolute atomic E-state index is 12.1. The summed E-state index contributed by atoms with van der Waals surface area (Å²) in [4.78, 5) is 0. The molecular weight excluding hydrogens is 210 g/mol. The van der Waals surface area contributed by atoms with E-state index < -0.39 is 10.8 Å². The van der Waals surface area contributed by atoms with E-state index in [1.165, 1.54) is 0 Å². The van der Waals surface area contributed by atoms with E-state index in [0.717, 1.165) is 38.0 Å². The van der Waals surface area contributed by atoms with Crippen molar-refractivity contribution in [2.24, 2.45) is 11.7 Å². The molecule has 0 amide bonds. The molecule has 15 heavy (non-hydrogen) atoms. The molecule has 5 unspecified atom stereocenters. The van der Waals surface area contributed by atoms with Crippen LogP contribution in [0.4, 0.5) is 0 Å². The molecule has 0 aromatic carbocycles. The Morgan fingerprint density at radius 1 is 1.40 bits per heavy atom. The third-order valence-electron chi connectivity index (χ3n) is 3.76. The van der Waals surface area contributed by atoms with Crippen molar-refractivity contribution in [2.75, 3.05) is 12.4 Å². The monoisotopic (exact) mass is 231 g/mol. The lowest BCUT2D eigenvalue weighted by Gasteiger charge is -2.19. The Labute approximate surface area is 94.2 Å².